The van der Waals surface area contributed by atoms with Gasteiger partial charge in [0, 0.05) is 12.1 Å². The Balaban J connectivity index is 0.000000421. The maximum atomic E-state index is 9.60. The summed E-state index contributed by atoms with van der Waals surface area (Å²) in [5, 5.41) is 7.89. The molecule has 0 spiro atoms. The second-order valence-electron chi connectivity index (χ2n) is 7.58. The highest BCUT2D eigenvalue weighted by molar-refractivity contribution is 6.13. The first kappa shape index (κ1) is 25.5. The van der Waals surface area contributed by atoms with Gasteiger partial charge in [-0.1, -0.05) is 105 Å². The van der Waals surface area contributed by atoms with Crippen molar-refractivity contribution in [1.82, 2.24) is 0 Å². The first-order chi connectivity index (χ1) is 15.9. The Morgan fingerprint density at radius 1 is 0.818 bits per heavy atom. The summed E-state index contributed by atoms with van der Waals surface area (Å²) in [6.45, 7) is 11.6. The first-order valence-corrected chi connectivity index (χ1v) is 11.3. The topological polar surface area (TPSA) is 49.7 Å². The Hall–Kier alpha value is -3.72. The number of carboxylic acid groups (broad SMARTS) is 1. The van der Waals surface area contributed by atoms with Crippen molar-refractivity contribution in [1.29, 1.82) is 0 Å². The Bertz CT molecular complexity index is 1090. The van der Waals surface area contributed by atoms with Gasteiger partial charge in [-0.2, -0.15) is 0 Å². The number of aliphatic carboxylic acids is 1. The average molecular weight is 440 g/mol. The molecule has 0 atom stereocenters. The normalized spacial score (nSPS) is 12.1. The van der Waals surface area contributed by atoms with Crippen LogP contribution in [0.15, 0.2) is 102 Å². The summed E-state index contributed by atoms with van der Waals surface area (Å²) in [6.07, 6.45) is 3.24. The molecule has 0 saturated heterocycles. The molecule has 3 aromatic carbocycles. The predicted molar refractivity (Wildman–Crippen MR) is 141 cm³/mol. The predicted octanol–water partition coefficient (Wildman–Crippen LogP) is 7.61. The van der Waals surface area contributed by atoms with Crippen LogP contribution in [0, 0.1) is 6.92 Å². The van der Waals surface area contributed by atoms with Gasteiger partial charge >= 0.3 is 5.97 Å². The van der Waals surface area contributed by atoms with Crippen LogP contribution in [0.4, 0.5) is 0 Å². The van der Waals surface area contributed by atoms with Crippen LogP contribution in [0.5, 0.6) is 0 Å². The van der Waals surface area contributed by atoms with Gasteiger partial charge in [-0.15, -0.1) is 0 Å². The lowest BCUT2D eigenvalue weighted by atomic mass is 9.94. The van der Waals surface area contributed by atoms with Gasteiger partial charge in [0.05, 0.1) is 5.71 Å². The highest BCUT2D eigenvalue weighted by Crippen LogP contribution is 2.26. The van der Waals surface area contributed by atoms with Crippen LogP contribution in [0.2, 0.25) is 0 Å². The fourth-order valence-electron chi connectivity index (χ4n) is 3.21. The van der Waals surface area contributed by atoms with Crippen molar-refractivity contribution in [3.05, 3.63) is 114 Å². The van der Waals surface area contributed by atoms with Gasteiger partial charge in [-0.3, -0.25) is 4.99 Å². The lowest BCUT2D eigenvalue weighted by Gasteiger charge is -2.14. The van der Waals surface area contributed by atoms with E-state index in [1.165, 1.54) is 40.3 Å². The Labute approximate surface area is 197 Å². The maximum Gasteiger partial charge on any atom is 0.330 e. The summed E-state index contributed by atoms with van der Waals surface area (Å²) in [4.78, 5) is 14.3. The lowest BCUT2D eigenvalue weighted by Crippen LogP contribution is -2.06. The van der Waals surface area contributed by atoms with Crippen LogP contribution in [0.3, 0.4) is 0 Å². The molecule has 33 heavy (non-hydrogen) atoms. The van der Waals surface area contributed by atoms with E-state index in [1.807, 2.05) is 13.8 Å². The number of carbonyl (C=O) groups is 1. The summed E-state index contributed by atoms with van der Waals surface area (Å²) in [5.41, 5.74) is 8.92. The molecular weight excluding hydrogens is 406 g/mol. The van der Waals surface area contributed by atoms with Crippen LogP contribution in [-0.4, -0.2) is 23.3 Å². The number of allylic oxidation sites excluding steroid dienone is 1. The molecule has 0 unspecified atom stereocenters. The van der Waals surface area contributed by atoms with Gasteiger partial charge in [-0.05, 0) is 54.2 Å². The summed E-state index contributed by atoms with van der Waals surface area (Å²) in [5.74, 6) is -0.935. The highest BCUT2D eigenvalue weighted by atomic mass is 16.4. The molecule has 0 radical (unpaired) electrons. The molecule has 1 N–H and O–H groups in total. The lowest BCUT2D eigenvalue weighted by molar-refractivity contribution is -0.132. The zero-order valence-corrected chi connectivity index (χ0v) is 20.0. The highest BCUT2D eigenvalue weighted by Gasteiger charge is 2.11. The molecule has 0 fully saturated rings. The van der Waals surface area contributed by atoms with Crippen molar-refractivity contribution >= 4 is 17.3 Å². The summed E-state index contributed by atoms with van der Waals surface area (Å²) in [6, 6.07) is 28.0. The Morgan fingerprint density at radius 2 is 1.30 bits per heavy atom. The number of nitrogens with zero attached hydrogens (tertiary/aromatic N) is 1. The molecule has 1 heterocycles. The van der Waals surface area contributed by atoms with Crippen molar-refractivity contribution in [3.8, 4) is 11.1 Å². The van der Waals surface area contributed by atoms with Gasteiger partial charge in [0.15, 0.2) is 0 Å². The van der Waals surface area contributed by atoms with E-state index in [-0.39, 0.29) is 5.57 Å². The second-order valence-corrected chi connectivity index (χ2v) is 7.58. The van der Waals surface area contributed by atoms with Crippen LogP contribution >= 0.6 is 0 Å². The average Bonchev–Trinajstić information content (AvgIpc) is 2.87. The molecule has 0 amide bonds. The Morgan fingerprint density at radius 3 is 1.85 bits per heavy atom. The third kappa shape index (κ3) is 7.73. The number of hydrogen-bond acceptors (Lipinski definition) is 2. The van der Waals surface area contributed by atoms with E-state index in [0.29, 0.717) is 0 Å². The minimum absolute atomic E-state index is 0.176. The number of hydrogen-bond donors (Lipinski definition) is 1. The Kier molecular flexibility index (Phi) is 10.0. The largest absolute Gasteiger partial charge is 0.478 e. The minimum atomic E-state index is -0.935. The molecular formula is C30H33NO2. The summed E-state index contributed by atoms with van der Waals surface area (Å²) >= 11 is 0. The third-order valence-corrected chi connectivity index (χ3v) is 5.05. The van der Waals surface area contributed by atoms with Gasteiger partial charge in [0.25, 0.3) is 0 Å². The van der Waals surface area contributed by atoms with E-state index < -0.39 is 5.97 Å². The van der Waals surface area contributed by atoms with E-state index in [4.69, 9.17) is 10.1 Å². The van der Waals surface area contributed by atoms with E-state index in [2.05, 4.69) is 98.4 Å². The monoisotopic (exact) mass is 439 g/mol. The molecule has 3 heteroatoms. The van der Waals surface area contributed by atoms with Crippen molar-refractivity contribution in [3.63, 3.8) is 0 Å². The first-order valence-electron chi connectivity index (χ1n) is 11.3. The molecule has 0 saturated carbocycles. The van der Waals surface area contributed by atoms with Gasteiger partial charge in [0.1, 0.15) is 0 Å². The molecule has 0 bridgehead atoms. The standard InChI is InChI=1S/C24H21N.C4H6O2.C2H6/c1-18-7-9-22(10-8-18)24-17-23(15-16-25-24)21-13-11-20(12-14-21)19-5-3-2-4-6-19;1-3(2)4(5)6;1-2/h2-14,17H,15-16H2,1H3;1H2,2H3,(H,5,6);1-2H3. The van der Waals surface area contributed by atoms with Crippen molar-refractivity contribution in [2.45, 2.75) is 34.1 Å². The number of carboxylic acids is 1. The van der Waals surface area contributed by atoms with E-state index >= 15 is 0 Å². The number of aliphatic imine (C=N–C) groups is 1. The molecule has 3 aromatic rings. The molecule has 1 aliphatic rings. The van der Waals surface area contributed by atoms with Crippen LogP contribution in [-0.2, 0) is 4.79 Å². The fourth-order valence-corrected chi connectivity index (χ4v) is 3.21. The van der Waals surface area contributed by atoms with Crippen LogP contribution < -0.4 is 0 Å². The zero-order valence-electron chi connectivity index (χ0n) is 20.0. The quantitative estimate of drug-likeness (QED) is 0.425. The number of aryl methyl sites for hydroxylation is 1. The number of dihydropyridines is 1. The van der Waals surface area contributed by atoms with Crippen molar-refractivity contribution < 1.29 is 9.90 Å². The third-order valence-electron chi connectivity index (χ3n) is 5.05. The van der Waals surface area contributed by atoms with Gasteiger partial charge in [0.2, 0.25) is 0 Å². The minimum Gasteiger partial charge on any atom is -0.478 e. The molecule has 1 aliphatic heterocycles. The molecule has 170 valence electrons. The number of benzene rings is 3. The van der Waals surface area contributed by atoms with E-state index in [9.17, 15) is 4.79 Å². The van der Waals surface area contributed by atoms with Crippen molar-refractivity contribution in [2.75, 3.05) is 6.54 Å². The maximum absolute atomic E-state index is 9.60. The summed E-state index contributed by atoms with van der Waals surface area (Å²) < 4.78 is 0. The molecule has 4 rings (SSSR count). The van der Waals surface area contributed by atoms with Crippen LogP contribution in [0.1, 0.15) is 43.9 Å². The van der Waals surface area contributed by atoms with Gasteiger partial charge in [-0.25, -0.2) is 4.79 Å². The molecule has 3 nitrogen and oxygen atoms in total. The van der Waals surface area contributed by atoms with Crippen molar-refractivity contribution in [2.24, 2.45) is 4.99 Å². The molecule has 0 aromatic heterocycles. The van der Waals surface area contributed by atoms with Gasteiger partial charge < -0.3 is 5.11 Å². The zero-order chi connectivity index (χ0) is 24.2. The van der Waals surface area contributed by atoms with E-state index in [0.717, 1.165) is 18.7 Å². The van der Waals surface area contributed by atoms with Crippen LogP contribution in [0.25, 0.3) is 16.7 Å². The summed E-state index contributed by atoms with van der Waals surface area (Å²) in [7, 11) is 0. The number of rotatable bonds is 4. The van der Waals surface area contributed by atoms with E-state index in [1.54, 1.807) is 0 Å². The SMILES string of the molecule is C=C(C)C(=O)O.CC.Cc1ccc(C2=NCCC(c3ccc(-c4ccccc4)cc3)=C2)cc1. The smallest absolute Gasteiger partial charge is 0.330 e. The molecule has 0 aliphatic carbocycles. The second kappa shape index (κ2) is 13.0. The fraction of sp³-hybridized carbons (Fsp3) is 0.200.